The molecule has 21 heavy (non-hydrogen) atoms. The number of anilines is 1. The SMILES string of the molecule is Cc1cc(Cl)nc(Cl)c1NCc1cccc2cccnc12. The first kappa shape index (κ1) is 14.1. The molecule has 0 saturated heterocycles. The van der Waals surface area contributed by atoms with Gasteiger partial charge in [-0.1, -0.05) is 47.5 Å². The number of benzene rings is 1. The third kappa shape index (κ3) is 2.94. The summed E-state index contributed by atoms with van der Waals surface area (Å²) in [6.07, 6.45) is 1.80. The molecule has 0 amide bonds. The largest absolute Gasteiger partial charge is 0.378 e. The third-order valence-corrected chi connectivity index (χ3v) is 3.78. The Labute approximate surface area is 132 Å². The summed E-state index contributed by atoms with van der Waals surface area (Å²) >= 11 is 12.0. The lowest BCUT2D eigenvalue weighted by Gasteiger charge is -2.12. The van der Waals surface area contributed by atoms with Gasteiger partial charge in [-0.25, -0.2) is 4.98 Å². The minimum Gasteiger partial charge on any atom is -0.378 e. The maximum atomic E-state index is 6.15. The first-order chi connectivity index (χ1) is 10.1. The lowest BCUT2D eigenvalue weighted by atomic mass is 10.1. The van der Waals surface area contributed by atoms with Crippen molar-refractivity contribution in [2.45, 2.75) is 13.5 Å². The van der Waals surface area contributed by atoms with Crippen molar-refractivity contribution in [3.63, 3.8) is 0 Å². The predicted molar refractivity (Wildman–Crippen MR) is 88.1 cm³/mol. The van der Waals surface area contributed by atoms with Crippen LogP contribution < -0.4 is 5.32 Å². The van der Waals surface area contributed by atoms with Crippen LogP contribution in [0.4, 0.5) is 5.69 Å². The normalized spacial score (nSPS) is 10.8. The van der Waals surface area contributed by atoms with Crippen molar-refractivity contribution >= 4 is 39.8 Å². The molecule has 0 spiro atoms. The number of hydrogen-bond acceptors (Lipinski definition) is 3. The van der Waals surface area contributed by atoms with Crippen LogP contribution in [-0.2, 0) is 6.54 Å². The summed E-state index contributed by atoms with van der Waals surface area (Å²) in [5, 5.41) is 5.22. The number of pyridine rings is 2. The second-order valence-electron chi connectivity index (χ2n) is 4.77. The molecule has 0 aliphatic carbocycles. The van der Waals surface area contributed by atoms with Crippen LogP contribution in [0.15, 0.2) is 42.6 Å². The molecule has 0 bridgehead atoms. The summed E-state index contributed by atoms with van der Waals surface area (Å²) in [5.74, 6) is 0. The smallest absolute Gasteiger partial charge is 0.154 e. The molecule has 1 aromatic carbocycles. The van der Waals surface area contributed by atoms with E-state index >= 15 is 0 Å². The number of fused-ring (bicyclic) bond motifs is 1. The van der Waals surface area contributed by atoms with Crippen molar-refractivity contribution in [2.24, 2.45) is 0 Å². The van der Waals surface area contributed by atoms with E-state index in [0.717, 1.165) is 27.7 Å². The highest BCUT2D eigenvalue weighted by Gasteiger charge is 2.08. The summed E-state index contributed by atoms with van der Waals surface area (Å²) < 4.78 is 0. The maximum absolute atomic E-state index is 6.15. The molecule has 1 N–H and O–H groups in total. The Kier molecular flexibility index (Phi) is 3.95. The van der Waals surface area contributed by atoms with Gasteiger partial charge in [-0.15, -0.1) is 0 Å². The first-order valence-corrected chi connectivity index (χ1v) is 7.30. The number of nitrogens with zero attached hydrogens (tertiary/aromatic N) is 2. The highest BCUT2D eigenvalue weighted by molar-refractivity contribution is 6.34. The molecule has 0 fully saturated rings. The van der Waals surface area contributed by atoms with Crippen molar-refractivity contribution < 1.29 is 0 Å². The summed E-state index contributed by atoms with van der Waals surface area (Å²) in [6.45, 7) is 2.57. The quantitative estimate of drug-likeness (QED) is 0.701. The molecule has 0 aliphatic heterocycles. The number of para-hydroxylation sites is 1. The van der Waals surface area contributed by atoms with Gasteiger partial charge in [0.1, 0.15) is 5.15 Å². The van der Waals surface area contributed by atoms with Gasteiger partial charge in [-0.05, 0) is 30.2 Å². The summed E-state index contributed by atoms with van der Waals surface area (Å²) in [7, 11) is 0. The van der Waals surface area contributed by atoms with Crippen LogP contribution in [0.5, 0.6) is 0 Å². The molecule has 0 aliphatic rings. The topological polar surface area (TPSA) is 37.8 Å². The van der Waals surface area contributed by atoms with E-state index in [2.05, 4.69) is 21.4 Å². The Morgan fingerprint density at radius 2 is 1.95 bits per heavy atom. The van der Waals surface area contributed by atoms with E-state index in [1.165, 1.54) is 0 Å². The van der Waals surface area contributed by atoms with Gasteiger partial charge in [0.05, 0.1) is 11.2 Å². The number of halogens is 2. The van der Waals surface area contributed by atoms with Gasteiger partial charge in [0.15, 0.2) is 5.15 Å². The number of aromatic nitrogens is 2. The van der Waals surface area contributed by atoms with E-state index in [1.807, 2.05) is 31.2 Å². The molecule has 0 unspecified atom stereocenters. The Balaban J connectivity index is 1.91. The summed E-state index contributed by atoms with van der Waals surface area (Å²) in [6, 6.07) is 11.9. The van der Waals surface area contributed by atoms with E-state index < -0.39 is 0 Å². The molecule has 106 valence electrons. The average Bonchev–Trinajstić information content (AvgIpc) is 2.46. The van der Waals surface area contributed by atoms with Crippen LogP contribution in [0.2, 0.25) is 10.3 Å². The first-order valence-electron chi connectivity index (χ1n) is 6.54. The van der Waals surface area contributed by atoms with E-state index in [9.17, 15) is 0 Å². The summed E-state index contributed by atoms with van der Waals surface area (Å²) in [5.41, 5.74) is 3.86. The number of nitrogens with one attached hydrogen (secondary N) is 1. The van der Waals surface area contributed by atoms with Gasteiger partial charge < -0.3 is 5.32 Å². The fourth-order valence-corrected chi connectivity index (χ4v) is 2.90. The van der Waals surface area contributed by atoms with Crippen LogP contribution >= 0.6 is 23.2 Å². The fraction of sp³-hybridized carbons (Fsp3) is 0.125. The van der Waals surface area contributed by atoms with Crippen LogP contribution in [0, 0.1) is 6.92 Å². The van der Waals surface area contributed by atoms with E-state index in [-0.39, 0.29) is 0 Å². The molecule has 3 aromatic rings. The number of rotatable bonds is 3. The number of aryl methyl sites for hydroxylation is 1. The third-order valence-electron chi connectivity index (χ3n) is 3.31. The lowest BCUT2D eigenvalue weighted by molar-refractivity contribution is 1.13. The zero-order valence-electron chi connectivity index (χ0n) is 11.4. The van der Waals surface area contributed by atoms with Gasteiger partial charge >= 0.3 is 0 Å². The molecular weight excluding hydrogens is 305 g/mol. The standard InChI is InChI=1S/C16H13Cl2N3/c1-10-8-13(17)21-16(18)14(10)20-9-12-5-2-4-11-6-3-7-19-15(11)12/h2-8,20H,9H2,1H3. The van der Waals surface area contributed by atoms with Crippen LogP contribution in [0.25, 0.3) is 10.9 Å². The molecule has 2 heterocycles. The Hall–Kier alpha value is -1.84. The maximum Gasteiger partial charge on any atom is 0.154 e. The minimum atomic E-state index is 0.383. The molecule has 3 nitrogen and oxygen atoms in total. The van der Waals surface area contributed by atoms with Crippen LogP contribution in [0.1, 0.15) is 11.1 Å². The van der Waals surface area contributed by atoms with Gasteiger partial charge in [0.25, 0.3) is 0 Å². The monoisotopic (exact) mass is 317 g/mol. The van der Waals surface area contributed by atoms with E-state index in [4.69, 9.17) is 23.2 Å². The van der Waals surface area contributed by atoms with Crippen molar-refractivity contribution in [2.75, 3.05) is 5.32 Å². The lowest BCUT2D eigenvalue weighted by Crippen LogP contribution is -2.04. The highest BCUT2D eigenvalue weighted by Crippen LogP contribution is 2.27. The minimum absolute atomic E-state index is 0.383. The van der Waals surface area contributed by atoms with Gasteiger partial charge in [0, 0.05) is 18.1 Å². The molecular formula is C16H13Cl2N3. The molecule has 0 atom stereocenters. The summed E-state index contributed by atoms with van der Waals surface area (Å²) in [4.78, 5) is 8.50. The second-order valence-corrected chi connectivity index (χ2v) is 5.52. The van der Waals surface area contributed by atoms with Gasteiger partial charge in [-0.2, -0.15) is 0 Å². The highest BCUT2D eigenvalue weighted by atomic mass is 35.5. The van der Waals surface area contributed by atoms with E-state index in [1.54, 1.807) is 12.3 Å². The number of hydrogen-bond donors (Lipinski definition) is 1. The molecule has 0 radical (unpaired) electrons. The van der Waals surface area contributed by atoms with Gasteiger partial charge in [-0.3, -0.25) is 4.98 Å². The van der Waals surface area contributed by atoms with E-state index in [0.29, 0.717) is 16.9 Å². The zero-order chi connectivity index (χ0) is 14.8. The predicted octanol–water partition coefficient (Wildman–Crippen LogP) is 4.86. The Bertz CT molecular complexity index is 774. The second kappa shape index (κ2) is 5.88. The zero-order valence-corrected chi connectivity index (χ0v) is 12.9. The Morgan fingerprint density at radius 1 is 1.14 bits per heavy atom. The van der Waals surface area contributed by atoms with Crippen molar-refractivity contribution in [1.29, 1.82) is 0 Å². The van der Waals surface area contributed by atoms with Crippen molar-refractivity contribution in [3.05, 3.63) is 64.0 Å². The van der Waals surface area contributed by atoms with Crippen molar-refractivity contribution in [3.8, 4) is 0 Å². The Morgan fingerprint density at radius 3 is 2.76 bits per heavy atom. The van der Waals surface area contributed by atoms with Crippen molar-refractivity contribution in [1.82, 2.24) is 9.97 Å². The molecule has 3 rings (SSSR count). The van der Waals surface area contributed by atoms with Gasteiger partial charge in [0.2, 0.25) is 0 Å². The molecule has 5 heteroatoms. The van der Waals surface area contributed by atoms with Crippen LogP contribution in [-0.4, -0.2) is 9.97 Å². The molecule has 0 saturated carbocycles. The molecule has 2 aromatic heterocycles. The van der Waals surface area contributed by atoms with Crippen LogP contribution in [0.3, 0.4) is 0 Å². The fourth-order valence-electron chi connectivity index (χ4n) is 2.30. The average molecular weight is 318 g/mol.